The van der Waals surface area contributed by atoms with Crippen molar-refractivity contribution >= 4 is 58.1 Å². The van der Waals surface area contributed by atoms with Crippen LogP contribution in [0.25, 0.3) is 0 Å². The van der Waals surface area contributed by atoms with Gasteiger partial charge in [0.25, 0.3) is 0 Å². The van der Waals surface area contributed by atoms with E-state index in [1.165, 1.54) is 0 Å². The number of amides is 2. The second-order valence-corrected chi connectivity index (χ2v) is 8.46. The summed E-state index contributed by atoms with van der Waals surface area (Å²) in [7, 11) is 0. The number of carbonyl (C=O) groups is 1. The number of anilines is 1. The first-order chi connectivity index (χ1) is 13.9. The van der Waals surface area contributed by atoms with E-state index in [4.69, 9.17) is 46.4 Å². The number of nitrogens with zero attached hydrogens (tertiary/aromatic N) is 2. The van der Waals surface area contributed by atoms with Gasteiger partial charge in [0.05, 0.1) is 26.8 Å². The summed E-state index contributed by atoms with van der Waals surface area (Å²) in [6.07, 6.45) is 2.85. The molecule has 29 heavy (non-hydrogen) atoms. The van der Waals surface area contributed by atoms with E-state index in [1.807, 2.05) is 30.5 Å². The molecule has 1 aliphatic heterocycles. The molecule has 2 heterocycles. The molecule has 1 aromatic heterocycles. The van der Waals surface area contributed by atoms with Gasteiger partial charge < -0.3 is 14.8 Å². The molecular formula is C21H17Cl4N3O. The molecule has 4 rings (SSSR count). The lowest BCUT2D eigenvalue weighted by Gasteiger charge is -2.31. The van der Waals surface area contributed by atoms with Crippen molar-refractivity contribution in [2.24, 2.45) is 0 Å². The van der Waals surface area contributed by atoms with Crippen LogP contribution >= 0.6 is 46.4 Å². The van der Waals surface area contributed by atoms with E-state index >= 15 is 0 Å². The lowest BCUT2D eigenvalue weighted by molar-refractivity contribution is 0.199. The average Bonchev–Trinajstić information content (AvgIpc) is 3.06. The maximum atomic E-state index is 13.3. The summed E-state index contributed by atoms with van der Waals surface area (Å²) in [5.41, 5.74) is 2.41. The number of hydrogen-bond acceptors (Lipinski definition) is 1. The van der Waals surface area contributed by atoms with Crippen LogP contribution < -0.4 is 5.32 Å². The minimum absolute atomic E-state index is 0.250. The molecule has 0 saturated heterocycles. The number of nitrogens with one attached hydrogen (secondary N) is 1. The molecule has 150 valence electrons. The van der Waals surface area contributed by atoms with E-state index in [2.05, 4.69) is 9.88 Å². The van der Waals surface area contributed by atoms with Gasteiger partial charge in [-0.25, -0.2) is 4.79 Å². The highest BCUT2D eigenvalue weighted by atomic mass is 35.5. The van der Waals surface area contributed by atoms with E-state index < -0.39 is 0 Å². The number of aromatic nitrogens is 1. The third-order valence-corrected chi connectivity index (χ3v) is 6.23. The van der Waals surface area contributed by atoms with Crippen LogP contribution in [-0.2, 0) is 6.54 Å². The molecule has 0 saturated carbocycles. The Hall–Kier alpha value is -1.85. The van der Waals surface area contributed by atoms with Crippen molar-refractivity contribution in [3.63, 3.8) is 0 Å². The molecule has 2 aromatic carbocycles. The number of carbonyl (C=O) groups excluding carboxylic acids is 1. The van der Waals surface area contributed by atoms with Gasteiger partial charge >= 0.3 is 6.03 Å². The normalized spacial score (nSPS) is 16.3. The van der Waals surface area contributed by atoms with E-state index in [0.29, 0.717) is 32.3 Å². The van der Waals surface area contributed by atoms with Crippen LogP contribution in [0.2, 0.25) is 20.1 Å². The van der Waals surface area contributed by atoms with Crippen LogP contribution in [0.4, 0.5) is 10.5 Å². The van der Waals surface area contributed by atoms with Crippen molar-refractivity contribution < 1.29 is 4.79 Å². The molecule has 3 aromatic rings. The summed E-state index contributed by atoms with van der Waals surface area (Å²) >= 11 is 24.6. The first-order valence-corrected chi connectivity index (χ1v) is 10.6. The molecule has 1 unspecified atom stereocenters. The zero-order valence-electron chi connectivity index (χ0n) is 15.2. The Morgan fingerprint density at radius 2 is 1.76 bits per heavy atom. The van der Waals surface area contributed by atoms with Gasteiger partial charge in [0.1, 0.15) is 0 Å². The van der Waals surface area contributed by atoms with Crippen molar-refractivity contribution in [2.45, 2.75) is 19.0 Å². The molecule has 1 aliphatic rings. The number of hydrogen-bond donors (Lipinski definition) is 1. The maximum absolute atomic E-state index is 13.3. The van der Waals surface area contributed by atoms with Crippen molar-refractivity contribution in [3.05, 3.63) is 86.1 Å². The fraction of sp³-hybridized carbons (Fsp3) is 0.190. The summed E-state index contributed by atoms with van der Waals surface area (Å²) in [6.45, 7) is 1.40. The molecule has 0 fully saturated rings. The Labute approximate surface area is 188 Å². The van der Waals surface area contributed by atoms with Crippen molar-refractivity contribution in [2.75, 3.05) is 11.9 Å². The smallest absolute Gasteiger partial charge is 0.322 e. The van der Waals surface area contributed by atoms with Crippen LogP contribution in [0, 0.1) is 0 Å². The molecule has 0 radical (unpaired) electrons. The summed E-state index contributed by atoms with van der Waals surface area (Å²) in [5.74, 6) is 0. The third-order valence-electron chi connectivity index (χ3n) is 4.95. The van der Waals surface area contributed by atoms with Crippen LogP contribution in [0.15, 0.2) is 54.7 Å². The van der Waals surface area contributed by atoms with E-state index in [1.54, 1.807) is 29.2 Å². The molecular weight excluding hydrogens is 452 g/mol. The predicted molar refractivity (Wildman–Crippen MR) is 120 cm³/mol. The third kappa shape index (κ3) is 4.22. The number of urea groups is 1. The molecule has 0 aliphatic carbocycles. The Balaban J connectivity index is 1.73. The highest BCUT2D eigenvalue weighted by Gasteiger charge is 2.31. The first-order valence-electron chi connectivity index (χ1n) is 9.06. The van der Waals surface area contributed by atoms with Crippen LogP contribution in [-0.4, -0.2) is 22.0 Å². The largest absolute Gasteiger partial charge is 0.349 e. The fourth-order valence-corrected chi connectivity index (χ4v) is 4.37. The molecule has 0 spiro atoms. The number of halogens is 4. The molecule has 1 N–H and O–H groups in total. The quantitative estimate of drug-likeness (QED) is 0.426. The van der Waals surface area contributed by atoms with Crippen molar-refractivity contribution in [3.8, 4) is 0 Å². The Morgan fingerprint density at radius 3 is 2.52 bits per heavy atom. The van der Waals surface area contributed by atoms with Crippen LogP contribution in [0.3, 0.4) is 0 Å². The monoisotopic (exact) mass is 467 g/mol. The summed E-state index contributed by atoms with van der Waals surface area (Å²) in [5, 5.41) is 4.73. The fourth-order valence-electron chi connectivity index (χ4n) is 3.61. The molecule has 8 heteroatoms. The SMILES string of the molecule is O=C(Nc1ccc(Cl)cc1Cl)N1CCCn2cccc2C1c1ccc(Cl)c(Cl)c1. The molecule has 4 nitrogen and oxygen atoms in total. The van der Waals surface area contributed by atoms with Gasteiger partial charge in [0.15, 0.2) is 0 Å². The minimum atomic E-state index is -0.312. The number of fused-ring (bicyclic) bond motifs is 1. The second kappa shape index (κ2) is 8.49. The number of benzene rings is 2. The highest BCUT2D eigenvalue weighted by molar-refractivity contribution is 6.42. The summed E-state index contributed by atoms with van der Waals surface area (Å²) < 4.78 is 2.16. The molecule has 0 bridgehead atoms. The standard InChI is InChI=1S/C21H17Cl4N3O/c22-14-5-7-18(17(25)12-14)26-21(29)28-10-2-9-27-8-1-3-19(27)20(28)13-4-6-15(23)16(24)11-13/h1,3-8,11-12,20H,2,9-10H2,(H,26,29). The van der Waals surface area contributed by atoms with E-state index in [9.17, 15) is 4.79 Å². The minimum Gasteiger partial charge on any atom is -0.349 e. The lowest BCUT2D eigenvalue weighted by atomic mass is 10.0. The van der Waals surface area contributed by atoms with E-state index in [-0.39, 0.29) is 12.1 Å². The topological polar surface area (TPSA) is 37.3 Å². The van der Waals surface area contributed by atoms with Gasteiger partial charge in [-0.3, -0.25) is 0 Å². The van der Waals surface area contributed by atoms with Crippen LogP contribution in [0.1, 0.15) is 23.7 Å². The molecule has 1 atom stereocenters. The Bertz CT molecular complexity index is 1070. The first kappa shape index (κ1) is 20.4. The average molecular weight is 469 g/mol. The number of rotatable bonds is 2. The zero-order chi connectivity index (χ0) is 20.5. The summed E-state index contributed by atoms with van der Waals surface area (Å²) in [6, 6.07) is 13.9. The van der Waals surface area contributed by atoms with Crippen LogP contribution in [0.5, 0.6) is 0 Å². The van der Waals surface area contributed by atoms with E-state index in [0.717, 1.165) is 24.2 Å². The predicted octanol–water partition coefficient (Wildman–Crippen LogP) is 7.13. The van der Waals surface area contributed by atoms with Crippen molar-refractivity contribution in [1.29, 1.82) is 0 Å². The summed E-state index contributed by atoms with van der Waals surface area (Å²) in [4.78, 5) is 15.1. The zero-order valence-corrected chi connectivity index (χ0v) is 18.2. The van der Waals surface area contributed by atoms with Gasteiger partial charge in [-0.1, -0.05) is 52.5 Å². The number of aryl methyl sites for hydroxylation is 1. The molecule has 2 amide bonds. The lowest BCUT2D eigenvalue weighted by Crippen LogP contribution is -2.38. The van der Waals surface area contributed by atoms with Gasteiger partial charge in [-0.05, 0) is 54.4 Å². The Morgan fingerprint density at radius 1 is 0.931 bits per heavy atom. The van der Waals surface area contributed by atoms with Crippen molar-refractivity contribution in [1.82, 2.24) is 9.47 Å². The second-order valence-electron chi connectivity index (χ2n) is 6.80. The Kier molecular flexibility index (Phi) is 5.98. The van der Waals surface area contributed by atoms with Gasteiger partial charge in [-0.15, -0.1) is 0 Å². The maximum Gasteiger partial charge on any atom is 0.322 e. The highest BCUT2D eigenvalue weighted by Crippen LogP contribution is 2.36. The van der Waals surface area contributed by atoms with Gasteiger partial charge in [0.2, 0.25) is 0 Å². The van der Waals surface area contributed by atoms with Gasteiger partial charge in [0, 0.05) is 30.0 Å². The van der Waals surface area contributed by atoms with Gasteiger partial charge in [-0.2, -0.15) is 0 Å².